The van der Waals surface area contributed by atoms with Gasteiger partial charge in [0, 0.05) is 11.6 Å². The van der Waals surface area contributed by atoms with Crippen molar-refractivity contribution in [3.63, 3.8) is 0 Å². The molecule has 0 aliphatic heterocycles. The second-order valence-corrected chi connectivity index (χ2v) is 6.28. The highest BCUT2D eigenvalue weighted by Crippen LogP contribution is 2.33. The number of alkyl halides is 3. The van der Waals surface area contributed by atoms with Crippen LogP contribution in [-0.2, 0) is 0 Å². The topological polar surface area (TPSA) is 47.0 Å². The second kappa shape index (κ2) is 6.90. The number of anilines is 1. The SMILES string of the molecule is Cc1nc(C)c(-c2ccc(OC(F)(F)F)cc2)c(NC2CCCC2)n1. The van der Waals surface area contributed by atoms with Gasteiger partial charge in [-0.1, -0.05) is 25.0 Å². The van der Waals surface area contributed by atoms with Gasteiger partial charge in [0.15, 0.2) is 0 Å². The standard InChI is InChI=1S/C18H20F3N3O/c1-11-16(13-7-9-15(10-8-13)25-18(19,20)21)17(23-12(2)22-11)24-14-5-3-4-6-14/h7-10,14H,3-6H2,1-2H3,(H,22,23,24). The molecule has 1 fully saturated rings. The van der Waals surface area contributed by atoms with Crippen molar-refractivity contribution in [2.75, 3.05) is 5.32 Å². The number of aromatic nitrogens is 2. The lowest BCUT2D eigenvalue weighted by Gasteiger charge is -2.18. The van der Waals surface area contributed by atoms with Gasteiger partial charge < -0.3 is 10.1 Å². The zero-order valence-electron chi connectivity index (χ0n) is 14.2. The van der Waals surface area contributed by atoms with Crippen LogP contribution in [0.15, 0.2) is 24.3 Å². The van der Waals surface area contributed by atoms with E-state index in [0.29, 0.717) is 11.9 Å². The summed E-state index contributed by atoms with van der Waals surface area (Å²) >= 11 is 0. The first-order chi connectivity index (χ1) is 11.8. The molecule has 0 unspecified atom stereocenters. The minimum absolute atomic E-state index is 0.243. The number of hydrogen-bond donors (Lipinski definition) is 1. The molecule has 0 saturated heterocycles. The summed E-state index contributed by atoms with van der Waals surface area (Å²) in [6.07, 6.45) is -0.113. The maximum absolute atomic E-state index is 12.3. The van der Waals surface area contributed by atoms with Crippen LogP contribution < -0.4 is 10.1 Å². The fraction of sp³-hybridized carbons (Fsp3) is 0.444. The number of hydrogen-bond acceptors (Lipinski definition) is 4. The molecule has 0 amide bonds. The smallest absolute Gasteiger partial charge is 0.406 e. The summed E-state index contributed by atoms with van der Waals surface area (Å²) < 4.78 is 40.9. The van der Waals surface area contributed by atoms with Gasteiger partial charge in [-0.2, -0.15) is 0 Å². The fourth-order valence-electron chi connectivity index (χ4n) is 3.25. The molecule has 25 heavy (non-hydrogen) atoms. The normalized spacial score (nSPS) is 15.4. The highest BCUT2D eigenvalue weighted by atomic mass is 19.4. The summed E-state index contributed by atoms with van der Waals surface area (Å²) in [7, 11) is 0. The maximum atomic E-state index is 12.3. The van der Waals surface area contributed by atoms with Gasteiger partial charge in [0.05, 0.1) is 5.69 Å². The lowest BCUT2D eigenvalue weighted by atomic mass is 10.0. The molecule has 134 valence electrons. The van der Waals surface area contributed by atoms with Crippen LogP contribution in [0.1, 0.15) is 37.2 Å². The van der Waals surface area contributed by atoms with Gasteiger partial charge in [0.25, 0.3) is 0 Å². The van der Waals surface area contributed by atoms with Crippen LogP contribution in [0.2, 0.25) is 0 Å². The van der Waals surface area contributed by atoms with E-state index >= 15 is 0 Å². The van der Waals surface area contributed by atoms with E-state index in [1.807, 2.05) is 13.8 Å². The van der Waals surface area contributed by atoms with Gasteiger partial charge in [0.2, 0.25) is 0 Å². The number of ether oxygens (including phenoxy) is 1. The van der Waals surface area contributed by atoms with Gasteiger partial charge in [-0.3, -0.25) is 0 Å². The Bertz CT molecular complexity index is 738. The Labute approximate surface area is 144 Å². The number of benzene rings is 1. The molecular weight excluding hydrogens is 331 g/mol. The first-order valence-corrected chi connectivity index (χ1v) is 8.30. The Morgan fingerprint density at radius 1 is 1.04 bits per heavy atom. The number of nitrogens with zero attached hydrogens (tertiary/aromatic N) is 2. The second-order valence-electron chi connectivity index (χ2n) is 6.28. The van der Waals surface area contributed by atoms with E-state index in [2.05, 4.69) is 20.0 Å². The molecule has 0 atom stereocenters. The zero-order chi connectivity index (χ0) is 18.0. The third-order valence-electron chi connectivity index (χ3n) is 4.27. The molecular formula is C18H20F3N3O. The van der Waals surface area contributed by atoms with Crippen LogP contribution in [0.3, 0.4) is 0 Å². The van der Waals surface area contributed by atoms with E-state index in [9.17, 15) is 13.2 Å². The largest absolute Gasteiger partial charge is 0.573 e. The molecule has 3 rings (SSSR count). The predicted molar refractivity (Wildman–Crippen MR) is 89.5 cm³/mol. The number of aryl methyl sites for hydroxylation is 2. The Balaban J connectivity index is 1.92. The van der Waals surface area contributed by atoms with Crippen molar-refractivity contribution in [3.05, 3.63) is 35.8 Å². The molecule has 2 aromatic rings. The molecule has 0 bridgehead atoms. The minimum Gasteiger partial charge on any atom is -0.406 e. The average Bonchev–Trinajstić information content (AvgIpc) is 2.99. The first-order valence-electron chi connectivity index (χ1n) is 8.30. The fourth-order valence-corrected chi connectivity index (χ4v) is 3.25. The minimum atomic E-state index is -4.69. The molecule has 1 aromatic heterocycles. The van der Waals surface area contributed by atoms with Gasteiger partial charge in [0.1, 0.15) is 17.4 Å². The number of nitrogens with one attached hydrogen (secondary N) is 1. The summed E-state index contributed by atoms with van der Waals surface area (Å²) in [6, 6.07) is 6.19. The lowest BCUT2D eigenvalue weighted by Crippen LogP contribution is -2.18. The van der Waals surface area contributed by atoms with Crippen LogP contribution in [0.5, 0.6) is 5.75 Å². The van der Waals surface area contributed by atoms with Crippen molar-refractivity contribution < 1.29 is 17.9 Å². The Morgan fingerprint density at radius 2 is 1.68 bits per heavy atom. The number of rotatable bonds is 4. The van der Waals surface area contributed by atoms with E-state index in [0.717, 1.165) is 35.5 Å². The molecule has 1 aliphatic rings. The molecule has 0 spiro atoms. The molecule has 7 heteroatoms. The van der Waals surface area contributed by atoms with Crippen molar-refractivity contribution in [3.8, 4) is 16.9 Å². The van der Waals surface area contributed by atoms with Crippen LogP contribution in [0.4, 0.5) is 19.0 Å². The van der Waals surface area contributed by atoms with Crippen molar-refractivity contribution >= 4 is 5.82 Å². The monoisotopic (exact) mass is 351 g/mol. The van der Waals surface area contributed by atoms with E-state index in [4.69, 9.17) is 0 Å². The molecule has 1 aromatic carbocycles. The van der Waals surface area contributed by atoms with Crippen molar-refractivity contribution in [2.24, 2.45) is 0 Å². The van der Waals surface area contributed by atoms with Crippen molar-refractivity contribution in [1.29, 1.82) is 0 Å². The Hall–Kier alpha value is -2.31. The van der Waals surface area contributed by atoms with Crippen molar-refractivity contribution in [1.82, 2.24) is 9.97 Å². The Kier molecular flexibility index (Phi) is 4.83. The van der Waals surface area contributed by atoms with Crippen LogP contribution in [0, 0.1) is 13.8 Å². The van der Waals surface area contributed by atoms with E-state index in [-0.39, 0.29) is 5.75 Å². The summed E-state index contributed by atoms with van der Waals surface area (Å²) in [4.78, 5) is 8.93. The van der Waals surface area contributed by atoms with Gasteiger partial charge in [-0.25, -0.2) is 9.97 Å². The van der Waals surface area contributed by atoms with Gasteiger partial charge >= 0.3 is 6.36 Å². The average molecular weight is 351 g/mol. The molecule has 1 aliphatic carbocycles. The third-order valence-corrected chi connectivity index (χ3v) is 4.27. The zero-order valence-corrected chi connectivity index (χ0v) is 14.2. The van der Waals surface area contributed by atoms with Gasteiger partial charge in [-0.15, -0.1) is 13.2 Å². The van der Waals surface area contributed by atoms with E-state index in [1.165, 1.54) is 25.0 Å². The molecule has 0 radical (unpaired) electrons. The van der Waals surface area contributed by atoms with Crippen LogP contribution in [-0.4, -0.2) is 22.4 Å². The molecule has 4 nitrogen and oxygen atoms in total. The van der Waals surface area contributed by atoms with Crippen molar-refractivity contribution in [2.45, 2.75) is 51.9 Å². The highest BCUT2D eigenvalue weighted by molar-refractivity contribution is 5.77. The summed E-state index contributed by atoms with van der Waals surface area (Å²) in [5, 5.41) is 3.48. The highest BCUT2D eigenvalue weighted by Gasteiger charge is 2.31. The Morgan fingerprint density at radius 3 is 2.28 bits per heavy atom. The number of halogens is 3. The lowest BCUT2D eigenvalue weighted by molar-refractivity contribution is -0.274. The summed E-state index contributed by atoms with van der Waals surface area (Å²) in [5.74, 6) is 1.16. The van der Waals surface area contributed by atoms with Crippen LogP contribution in [0.25, 0.3) is 11.1 Å². The maximum Gasteiger partial charge on any atom is 0.573 e. The first kappa shape index (κ1) is 17.5. The molecule has 1 heterocycles. The molecule has 1 N–H and O–H groups in total. The van der Waals surface area contributed by atoms with Crippen LogP contribution >= 0.6 is 0 Å². The van der Waals surface area contributed by atoms with Gasteiger partial charge in [-0.05, 0) is 44.4 Å². The third kappa shape index (κ3) is 4.41. The molecule has 1 saturated carbocycles. The van der Waals surface area contributed by atoms with E-state index in [1.54, 1.807) is 12.1 Å². The predicted octanol–water partition coefficient (Wildman–Crippen LogP) is 5.01. The van der Waals surface area contributed by atoms with E-state index < -0.39 is 6.36 Å². The summed E-state index contributed by atoms with van der Waals surface area (Å²) in [6.45, 7) is 3.71. The quantitative estimate of drug-likeness (QED) is 0.841. The summed E-state index contributed by atoms with van der Waals surface area (Å²) in [5.41, 5.74) is 2.36.